The monoisotopic (exact) mass is 453 g/mol. The van der Waals surface area contributed by atoms with Gasteiger partial charge < -0.3 is 14.9 Å². The molecule has 0 bridgehead atoms. The molecule has 31 heavy (non-hydrogen) atoms. The molecule has 1 aliphatic rings. The molecule has 1 N–H and O–H groups in total. The zero-order valence-electron chi connectivity index (χ0n) is 17.5. The number of likely N-dealkylation sites (N-methyl/N-ethyl adjacent to an activating group) is 1. The molecule has 3 aromatic rings. The molecule has 1 aliphatic heterocycles. The third-order valence-electron chi connectivity index (χ3n) is 5.17. The summed E-state index contributed by atoms with van der Waals surface area (Å²) in [6.45, 7) is 2.82. The smallest absolute Gasteiger partial charge is 0.290 e. The Morgan fingerprint density at radius 1 is 1.19 bits per heavy atom. The molecule has 4 rings (SSSR count). The Bertz CT molecular complexity index is 1130. The number of thiazole rings is 1. The minimum atomic E-state index is -0.596. The molecule has 1 atom stereocenters. The molecule has 8 heteroatoms. The molecular weight excluding hydrogens is 430 g/mol. The molecule has 1 unspecified atom stereocenters. The number of ketones is 1. The first-order chi connectivity index (χ1) is 14.9. The van der Waals surface area contributed by atoms with Crippen LogP contribution in [0.5, 0.6) is 0 Å². The quantitative estimate of drug-likeness (QED) is 0.540. The molecule has 1 amide bonds. The van der Waals surface area contributed by atoms with E-state index in [1.165, 1.54) is 22.7 Å². The molecule has 0 fully saturated rings. The number of aliphatic hydroxyl groups excluding tert-OH is 1. The summed E-state index contributed by atoms with van der Waals surface area (Å²) in [4.78, 5) is 36.0. The zero-order valence-corrected chi connectivity index (χ0v) is 19.2. The van der Waals surface area contributed by atoms with Crippen LogP contribution in [0.4, 0.5) is 0 Å². The van der Waals surface area contributed by atoms with Gasteiger partial charge in [-0.3, -0.25) is 9.59 Å². The van der Waals surface area contributed by atoms with Gasteiger partial charge in [0.2, 0.25) is 5.78 Å². The lowest BCUT2D eigenvalue weighted by Crippen LogP contribution is -2.36. The van der Waals surface area contributed by atoms with Crippen molar-refractivity contribution in [3.05, 3.63) is 74.6 Å². The molecule has 0 saturated heterocycles. The maximum absolute atomic E-state index is 13.6. The Kier molecular flexibility index (Phi) is 6.04. The second kappa shape index (κ2) is 8.74. The van der Waals surface area contributed by atoms with Crippen LogP contribution in [0.2, 0.25) is 0 Å². The third-order valence-corrected chi connectivity index (χ3v) is 7.30. The van der Waals surface area contributed by atoms with Crippen molar-refractivity contribution in [2.24, 2.45) is 0 Å². The summed E-state index contributed by atoms with van der Waals surface area (Å²) >= 11 is 2.76. The van der Waals surface area contributed by atoms with Gasteiger partial charge >= 0.3 is 0 Å². The van der Waals surface area contributed by atoms with Gasteiger partial charge in [0, 0.05) is 23.5 Å². The van der Waals surface area contributed by atoms with Gasteiger partial charge in [-0.05, 0) is 32.5 Å². The number of aliphatic hydroxyl groups is 1. The van der Waals surface area contributed by atoms with Crippen LogP contribution in [0.3, 0.4) is 0 Å². The largest absolute Gasteiger partial charge is 0.503 e. The summed E-state index contributed by atoms with van der Waals surface area (Å²) in [5.41, 5.74) is 1.66. The van der Waals surface area contributed by atoms with Crippen LogP contribution in [0.1, 0.15) is 26.3 Å². The lowest BCUT2D eigenvalue weighted by Gasteiger charge is -2.26. The highest BCUT2D eigenvalue weighted by Gasteiger charge is 2.44. The molecular formula is C23H23N3O3S2. The standard InChI is InChI=1S/C23H23N3O3S2/c1-14-21(31-22(24-14)15-8-5-4-6-9-15)19(27)17-18(16-10-7-13-30-16)26(12-11-25(2)3)23(29)20(17)28/h4-10,13,18,28H,11-12H2,1-3H3. The van der Waals surface area contributed by atoms with Crippen molar-refractivity contribution in [2.75, 3.05) is 27.2 Å². The average molecular weight is 454 g/mol. The van der Waals surface area contributed by atoms with Gasteiger partial charge in [-0.25, -0.2) is 4.98 Å². The van der Waals surface area contributed by atoms with Gasteiger partial charge in [0.1, 0.15) is 5.01 Å². The van der Waals surface area contributed by atoms with E-state index in [-0.39, 0.29) is 11.4 Å². The van der Waals surface area contributed by atoms with Crippen molar-refractivity contribution < 1.29 is 14.7 Å². The molecule has 0 spiro atoms. The molecule has 1 aromatic carbocycles. The molecule has 160 valence electrons. The molecule has 0 radical (unpaired) electrons. The zero-order chi connectivity index (χ0) is 22.1. The van der Waals surface area contributed by atoms with Gasteiger partial charge in [0.15, 0.2) is 5.76 Å². The van der Waals surface area contributed by atoms with Crippen LogP contribution in [-0.2, 0) is 4.79 Å². The molecule has 0 saturated carbocycles. The number of amides is 1. The third kappa shape index (κ3) is 4.06. The van der Waals surface area contributed by atoms with E-state index in [4.69, 9.17) is 0 Å². The number of aromatic nitrogens is 1. The Hall–Kier alpha value is -2.81. The second-order valence-corrected chi connectivity index (χ2v) is 9.59. The highest BCUT2D eigenvalue weighted by molar-refractivity contribution is 7.17. The van der Waals surface area contributed by atoms with Gasteiger partial charge in [-0.15, -0.1) is 22.7 Å². The first-order valence-corrected chi connectivity index (χ1v) is 11.6. The number of benzene rings is 1. The molecule has 3 heterocycles. The van der Waals surface area contributed by atoms with Crippen LogP contribution in [-0.4, -0.2) is 58.8 Å². The Balaban J connectivity index is 1.74. The van der Waals surface area contributed by atoms with Crippen LogP contribution in [0.15, 0.2) is 59.2 Å². The lowest BCUT2D eigenvalue weighted by atomic mass is 10.0. The topological polar surface area (TPSA) is 73.7 Å². The minimum Gasteiger partial charge on any atom is -0.503 e. The number of Topliss-reactive ketones (excluding diaryl/α,β-unsaturated/α-hetero) is 1. The van der Waals surface area contributed by atoms with E-state index in [0.29, 0.717) is 23.7 Å². The van der Waals surface area contributed by atoms with E-state index >= 15 is 0 Å². The number of hydrogen-bond donors (Lipinski definition) is 1. The Morgan fingerprint density at radius 2 is 1.94 bits per heavy atom. The highest BCUT2D eigenvalue weighted by atomic mass is 32.1. The number of nitrogens with zero attached hydrogens (tertiary/aromatic N) is 3. The van der Waals surface area contributed by atoms with Crippen LogP contribution >= 0.6 is 22.7 Å². The maximum Gasteiger partial charge on any atom is 0.290 e. The van der Waals surface area contributed by atoms with Crippen molar-refractivity contribution >= 4 is 34.4 Å². The molecule has 6 nitrogen and oxygen atoms in total. The fourth-order valence-electron chi connectivity index (χ4n) is 3.60. The van der Waals surface area contributed by atoms with Crippen molar-refractivity contribution in [3.63, 3.8) is 0 Å². The molecule has 0 aliphatic carbocycles. The molecule has 2 aromatic heterocycles. The first kappa shape index (κ1) is 21.4. The number of thiophene rings is 1. The van der Waals surface area contributed by atoms with E-state index in [9.17, 15) is 14.7 Å². The van der Waals surface area contributed by atoms with E-state index < -0.39 is 17.7 Å². The van der Waals surface area contributed by atoms with Gasteiger partial charge in [-0.1, -0.05) is 36.4 Å². The summed E-state index contributed by atoms with van der Waals surface area (Å²) in [5.74, 6) is -1.31. The number of rotatable bonds is 7. The van der Waals surface area contributed by atoms with Crippen molar-refractivity contribution in [2.45, 2.75) is 13.0 Å². The predicted molar refractivity (Wildman–Crippen MR) is 124 cm³/mol. The van der Waals surface area contributed by atoms with Crippen molar-refractivity contribution in [1.82, 2.24) is 14.8 Å². The van der Waals surface area contributed by atoms with Crippen LogP contribution < -0.4 is 0 Å². The van der Waals surface area contributed by atoms with E-state index in [0.717, 1.165) is 15.4 Å². The average Bonchev–Trinajstić information content (AvgIpc) is 3.47. The summed E-state index contributed by atoms with van der Waals surface area (Å²) in [6.07, 6.45) is 0. The fourth-order valence-corrected chi connectivity index (χ4v) is 5.47. The predicted octanol–water partition coefficient (Wildman–Crippen LogP) is 4.32. The Morgan fingerprint density at radius 3 is 2.58 bits per heavy atom. The van der Waals surface area contributed by atoms with E-state index in [2.05, 4.69) is 4.98 Å². The number of hydrogen-bond acceptors (Lipinski definition) is 7. The summed E-state index contributed by atoms with van der Waals surface area (Å²) < 4.78 is 0. The highest BCUT2D eigenvalue weighted by Crippen LogP contribution is 2.42. The Labute approximate surface area is 189 Å². The summed E-state index contributed by atoms with van der Waals surface area (Å²) in [5, 5.41) is 13.4. The first-order valence-electron chi connectivity index (χ1n) is 9.88. The van der Waals surface area contributed by atoms with Crippen LogP contribution in [0.25, 0.3) is 10.6 Å². The fraction of sp³-hybridized carbons (Fsp3) is 0.261. The maximum atomic E-state index is 13.6. The van der Waals surface area contributed by atoms with Gasteiger partial charge in [0.05, 0.1) is 22.2 Å². The summed E-state index contributed by atoms with van der Waals surface area (Å²) in [6, 6.07) is 12.8. The normalized spacial score (nSPS) is 16.6. The van der Waals surface area contributed by atoms with Crippen molar-refractivity contribution in [1.29, 1.82) is 0 Å². The number of aryl methyl sites for hydroxylation is 1. The van der Waals surface area contributed by atoms with Gasteiger partial charge in [-0.2, -0.15) is 0 Å². The van der Waals surface area contributed by atoms with E-state index in [1.54, 1.807) is 11.8 Å². The SMILES string of the molecule is Cc1nc(-c2ccccc2)sc1C(=O)C1=C(O)C(=O)N(CCN(C)C)C1c1cccs1. The van der Waals surface area contributed by atoms with Crippen LogP contribution in [0, 0.1) is 6.92 Å². The number of carbonyl (C=O) groups is 2. The second-order valence-electron chi connectivity index (χ2n) is 7.61. The minimum absolute atomic E-state index is 0.137. The van der Waals surface area contributed by atoms with E-state index in [1.807, 2.05) is 66.8 Å². The lowest BCUT2D eigenvalue weighted by molar-refractivity contribution is -0.129. The van der Waals surface area contributed by atoms with Crippen molar-refractivity contribution in [3.8, 4) is 10.6 Å². The van der Waals surface area contributed by atoms with Gasteiger partial charge in [0.25, 0.3) is 5.91 Å². The summed E-state index contributed by atoms with van der Waals surface area (Å²) in [7, 11) is 3.84. The number of carbonyl (C=O) groups excluding carboxylic acids is 2.